The van der Waals surface area contributed by atoms with E-state index in [9.17, 15) is 9.59 Å². The number of rotatable bonds is 7. The Labute approximate surface area is 163 Å². The molecular weight excluding hydrogens is 358 g/mol. The number of aliphatic carboxylic acids is 1. The van der Waals surface area contributed by atoms with Crippen molar-refractivity contribution in [2.75, 3.05) is 24.6 Å². The maximum absolute atomic E-state index is 12.4. The smallest absolute Gasteiger partial charge is 0.341 e. The van der Waals surface area contributed by atoms with Gasteiger partial charge in [-0.1, -0.05) is 30.3 Å². The van der Waals surface area contributed by atoms with E-state index in [2.05, 4.69) is 21.5 Å². The van der Waals surface area contributed by atoms with Crippen molar-refractivity contribution < 1.29 is 19.4 Å². The highest BCUT2D eigenvalue weighted by molar-refractivity contribution is 5.99. The maximum atomic E-state index is 12.4. The molecule has 0 spiro atoms. The van der Waals surface area contributed by atoms with E-state index in [0.29, 0.717) is 11.5 Å². The summed E-state index contributed by atoms with van der Waals surface area (Å²) in [5, 5.41) is 12.9. The number of nitrogens with zero attached hydrogens (tertiary/aromatic N) is 2. The number of carboxylic acids is 1. The van der Waals surface area contributed by atoms with Crippen LogP contribution in [0.15, 0.2) is 53.6 Å². The zero-order valence-corrected chi connectivity index (χ0v) is 15.7. The lowest BCUT2D eigenvalue weighted by atomic mass is 10.0. The Balaban J connectivity index is 1.60. The first kappa shape index (κ1) is 19.4. The molecule has 0 saturated heterocycles. The molecule has 0 fully saturated rings. The first-order valence-electron chi connectivity index (χ1n) is 9.14. The number of carboxylic acid groups (broad SMARTS) is 1. The van der Waals surface area contributed by atoms with Crippen molar-refractivity contribution in [1.29, 1.82) is 0 Å². The van der Waals surface area contributed by atoms with Crippen LogP contribution < -0.4 is 15.1 Å². The second-order valence-corrected chi connectivity index (χ2v) is 6.60. The van der Waals surface area contributed by atoms with Crippen molar-refractivity contribution in [3.8, 4) is 5.75 Å². The molecule has 2 N–H and O–H groups in total. The first-order chi connectivity index (χ1) is 13.5. The molecule has 146 valence electrons. The lowest BCUT2D eigenvalue weighted by molar-refractivity contribution is -0.139. The number of carbonyl (C=O) groups is 2. The Morgan fingerprint density at radius 3 is 2.86 bits per heavy atom. The molecule has 1 amide bonds. The molecule has 0 radical (unpaired) electrons. The van der Waals surface area contributed by atoms with Crippen LogP contribution in [0.1, 0.15) is 24.5 Å². The Kier molecular flexibility index (Phi) is 6.26. The van der Waals surface area contributed by atoms with Crippen molar-refractivity contribution in [3.63, 3.8) is 0 Å². The minimum absolute atomic E-state index is 0.186. The van der Waals surface area contributed by atoms with Crippen LogP contribution in [0, 0.1) is 0 Å². The maximum Gasteiger partial charge on any atom is 0.341 e. The molecule has 1 aliphatic heterocycles. The van der Waals surface area contributed by atoms with Gasteiger partial charge in [-0.15, -0.1) is 0 Å². The van der Waals surface area contributed by atoms with Gasteiger partial charge in [-0.2, -0.15) is 5.10 Å². The monoisotopic (exact) mass is 381 g/mol. The lowest BCUT2D eigenvalue weighted by Gasteiger charge is -2.30. The highest BCUT2D eigenvalue weighted by atomic mass is 16.5. The van der Waals surface area contributed by atoms with E-state index in [1.54, 1.807) is 25.1 Å². The van der Waals surface area contributed by atoms with Gasteiger partial charge < -0.3 is 14.7 Å². The highest BCUT2D eigenvalue weighted by Crippen LogP contribution is 2.26. The van der Waals surface area contributed by atoms with Gasteiger partial charge in [0.15, 0.2) is 6.61 Å². The fraction of sp³-hybridized carbons (Fsp3) is 0.286. The molecule has 7 nitrogen and oxygen atoms in total. The van der Waals surface area contributed by atoms with Gasteiger partial charge in [0.05, 0.1) is 12.3 Å². The third-order valence-electron chi connectivity index (χ3n) is 4.50. The molecule has 1 heterocycles. The molecular formula is C21H23N3O4. The Hall–Kier alpha value is -3.35. The van der Waals surface area contributed by atoms with Gasteiger partial charge in [-0.3, -0.25) is 4.79 Å². The van der Waals surface area contributed by atoms with Gasteiger partial charge in [0.2, 0.25) is 0 Å². The zero-order chi connectivity index (χ0) is 19.9. The number of hydrogen-bond acceptors (Lipinski definition) is 5. The third-order valence-corrected chi connectivity index (χ3v) is 4.50. The molecule has 0 unspecified atom stereocenters. The van der Waals surface area contributed by atoms with Crippen LogP contribution in [-0.4, -0.2) is 42.4 Å². The number of para-hydroxylation sites is 1. The normalized spacial score (nSPS) is 13.6. The fourth-order valence-corrected chi connectivity index (χ4v) is 3.15. The number of aryl methyl sites for hydroxylation is 1. The van der Waals surface area contributed by atoms with E-state index in [-0.39, 0.29) is 12.5 Å². The van der Waals surface area contributed by atoms with Gasteiger partial charge in [-0.05, 0) is 43.5 Å². The van der Waals surface area contributed by atoms with Crippen molar-refractivity contribution in [1.82, 2.24) is 5.43 Å². The van der Waals surface area contributed by atoms with Crippen molar-refractivity contribution in [2.45, 2.75) is 19.8 Å². The van der Waals surface area contributed by atoms with Gasteiger partial charge in [0.1, 0.15) is 5.75 Å². The largest absolute Gasteiger partial charge is 0.482 e. The van der Waals surface area contributed by atoms with Crippen LogP contribution in [0.2, 0.25) is 0 Å². The summed E-state index contributed by atoms with van der Waals surface area (Å²) in [6.45, 7) is 2.45. The van der Waals surface area contributed by atoms with E-state index < -0.39 is 12.6 Å². The molecule has 0 atom stereocenters. The van der Waals surface area contributed by atoms with Gasteiger partial charge in [0, 0.05) is 17.8 Å². The summed E-state index contributed by atoms with van der Waals surface area (Å²) >= 11 is 0. The second-order valence-electron chi connectivity index (χ2n) is 6.60. The molecule has 0 aliphatic carbocycles. The summed E-state index contributed by atoms with van der Waals surface area (Å²) in [5.41, 5.74) is 6.32. The summed E-state index contributed by atoms with van der Waals surface area (Å²) in [6, 6.07) is 15.1. The number of amides is 1. The molecule has 1 aliphatic rings. The number of hydrogen-bond donors (Lipinski definition) is 2. The Morgan fingerprint density at radius 2 is 2.04 bits per heavy atom. The summed E-state index contributed by atoms with van der Waals surface area (Å²) in [4.78, 5) is 25.0. The minimum atomic E-state index is -1.04. The number of anilines is 1. The van der Waals surface area contributed by atoms with Crippen LogP contribution >= 0.6 is 0 Å². The van der Waals surface area contributed by atoms with Crippen LogP contribution in [0.3, 0.4) is 0 Å². The molecule has 2 aromatic carbocycles. The number of fused-ring (bicyclic) bond motifs is 1. The van der Waals surface area contributed by atoms with Gasteiger partial charge in [-0.25, -0.2) is 10.2 Å². The number of benzene rings is 2. The molecule has 0 saturated carbocycles. The highest BCUT2D eigenvalue weighted by Gasteiger charge is 2.18. The predicted molar refractivity (Wildman–Crippen MR) is 107 cm³/mol. The number of carbonyl (C=O) groups excluding carboxylic acids is 1. The van der Waals surface area contributed by atoms with Crippen LogP contribution in [0.25, 0.3) is 0 Å². The molecule has 7 heteroatoms. The van der Waals surface area contributed by atoms with Crippen molar-refractivity contribution in [3.05, 3.63) is 59.7 Å². The number of ether oxygens (including phenoxy) is 1. The fourth-order valence-electron chi connectivity index (χ4n) is 3.15. The third kappa shape index (κ3) is 5.09. The van der Waals surface area contributed by atoms with E-state index >= 15 is 0 Å². The standard InChI is InChI=1S/C21H23N3O4/c1-15(17-7-4-9-18(12-17)28-14-21(26)27)22-23-20(25)13-24-11-5-8-16-6-2-3-10-19(16)24/h2-4,6-7,9-10,12H,5,8,11,13-14H2,1H3,(H,23,25)(H,26,27)/b22-15-. The first-order valence-corrected chi connectivity index (χ1v) is 9.14. The average Bonchev–Trinajstić information content (AvgIpc) is 2.71. The second kappa shape index (κ2) is 9.03. The topological polar surface area (TPSA) is 91.2 Å². The Bertz CT molecular complexity index is 895. The van der Waals surface area contributed by atoms with Gasteiger partial charge in [0.25, 0.3) is 5.91 Å². The van der Waals surface area contributed by atoms with Crippen LogP contribution in [0.4, 0.5) is 5.69 Å². The van der Waals surface area contributed by atoms with Crippen molar-refractivity contribution >= 4 is 23.3 Å². The zero-order valence-electron chi connectivity index (χ0n) is 15.7. The molecule has 3 rings (SSSR count). The van der Waals surface area contributed by atoms with Crippen LogP contribution in [-0.2, 0) is 16.0 Å². The summed E-state index contributed by atoms with van der Waals surface area (Å²) in [6.07, 6.45) is 2.06. The summed E-state index contributed by atoms with van der Waals surface area (Å²) in [7, 11) is 0. The van der Waals surface area contributed by atoms with E-state index in [1.807, 2.05) is 24.3 Å². The molecule has 28 heavy (non-hydrogen) atoms. The molecule has 2 aromatic rings. The van der Waals surface area contributed by atoms with Gasteiger partial charge >= 0.3 is 5.97 Å². The minimum Gasteiger partial charge on any atom is -0.482 e. The SMILES string of the molecule is C/C(=N/NC(=O)CN1CCCc2ccccc21)c1cccc(OCC(=O)O)c1. The average molecular weight is 381 g/mol. The van der Waals surface area contributed by atoms with E-state index in [1.165, 1.54) is 5.56 Å². The predicted octanol–water partition coefficient (Wildman–Crippen LogP) is 2.44. The van der Waals surface area contributed by atoms with Crippen LogP contribution in [0.5, 0.6) is 5.75 Å². The Morgan fingerprint density at radius 1 is 1.21 bits per heavy atom. The lowest BCUT2D eigenvalue weighted by Crippen LogP contribution is -2.38. The molecule has 0 bridgehead atoms. The van der Waals surface area contributed by atoms with Crippen molar-refractivity contribution in [2.24, 2.45) is 5.10 Å². The van der Waals surface area contributed by atoms with E-state index in [4.69, 9.17) is 9.84 Å². The number of hydrazone groups is 1. The molecule has 0 aromatic heterocycles. The number of nitrogens with one attached hydrogen (secondary N) is 1. The summed E-state index contributed by atoms with van der Waals surface area (Å²) in [5.74, 6) is -0.789. The van der Waals surface area contributed by atoms with E-state index in [0.717, 1.165) is 30.6 Å². The quantitative estimate of drug-likeness (QED) is 0.568. The summed E-state index contributed by atoms with van der Waals surface area (Å²) < 4.78 is 5.17.